The van der Waals surface area contributed by atoms with E-state index in [1.54, 1.807) is 31.4 Å². The van der Waals surface area contributed by atoms with Crippen LogP contribution in [0.2, 0.25) is 5.02 Å². The summed E-state index contributed by atoms with van der Waals surface area (Å²) in [4.78, 5) is 24.2. The third-order valence-corrected chi connectivity index (χ3v) is 5.39. The molecule has 2 N–H and O–H groups in total. The average molecular weight is 397 g/mol. The molecular weight excluding hydrogens is 376 g/mol. The van der Waals surface area contributed by atoms with Gasteiger partial charge in [-0.3, -0.25) is 9.59 Å². The summed E-state index contributed by atoms with van der Waals surface area (Å²) in [7, 11) is 0. The molecule has 3 aromatic rings. The maximum atomic E-state index is 12.6. The zero-order valence-corrected chi connectivity index (χ0v) is 16.4. The number of benzene rings is 2. The van der Waals surface area contributed by atoms with Crippen LogP contribution in [0.15, 0.2) is 41.0 Å². The number of fused-ring (bicyclic) bond motifs is 2. The Hall–Kier alpha value is -2.79. The first-order valence-electron chi connectivity index (χ1n) is 9.44. The van der Waals surface area contributed by atoms with Crippen LogP contribution >= 0.6 is 11.6 Å². The molecule has 5 nitrogen and oxygen atoms in total. The van der Waals surface area contributed by atoms with Crippen LogP contribution in [0.5, 0.6) is 0 Å². The number of amides is 2. The highest BCUT2D eigenvalue weighted by Crippen LogP contribution is 2.31. The van der Waals surface area contributed by atoms with Gasteiger partial charge in [-0.05, 0) is 60.7 Å². The summed E-state index contributed by atoms with van der Waals surface area (Å²) in [5.41, 5.74) is 5.43. The Kier molecular flexibility index (Phi) is 5.09. The van der Waals surface area contributed by atoms with E-state index in [0.717, 1.165) is 29.4 Å². The Labute approximate surface area is 168 Å². The Morgan fingerprint density at radius 1 is 1.07 bits per heavy atom. The highest BCUT2D eigenvalue weighted by atomic mass is 35.5. The number of nitrogens with one attached hydrogen (secondary N) is 2. The van der Waals surface area contributed by atoms with Gasteiger partial charge in [0.1, 0.15) is 5.58 Å². The number of anilines is 2. The molecule has 1 aromatic heterocycles. The lowest BCUT2D eigenvalue weighted by atomic mass is 10.0. The van der Waals surface area contributed by atoms with Crippen molar-refractivity contribution in [3.63, 3.8) is 0 Å². The molecule has 144 valence electrons. The van der Waals surface area contributed by atoms with Crippen LogP contribution in [-0.4, -0.2) is 11.8 Å². The van der Waals surface area contributed by atoms with Gasteiger partial charge in [-0.1, -0.05) is 18.5 Å². The second-order valence-electron chi connectivity index (χ2n) is 7.05. The standard InChI is InChI=1S/C22H21ClN2O3/c1-2-21(26)24-16-6-7-18(23)19(11-16)25-22(27)10-15-12-28-20-9-14-5-3-4-13(14)8-17(15)20/h6-9,11-12H,2-5,10H2,1H3,(H,24,26)(H,25,27). The van der Waals surface area contributed by atoms with Crippen LogP contribution in [0.1, 0.15) is 36.5 Å². The molecule has 2 amide bonds. The molecule has 0 bridgehead atoms. The summed E-state index contributed by atoms with van der Waals surface area (Å²) < 4.78 is 5.67. The fourth-order valence-electron chi connectivity index (χ4n) is 3.60. The van der Waals surface area contributed by atoms with Crippen molar-refractivity contribution < 1.29 is 14.0 Å². The number of carbonyl (C=O) groups is 2. The molecule has 0 saturated heterocycles. The van der Waals surface area contributed by atoms with E-state index in [0.29, 0.717) is 22.8 Å². The van der Waals surface area contributed by atoms with E-state index in [1.165, 1.54) is 17.5 Å². The van der Waals surface area contributed by atoms with Crippen molar-refractivity contribution in [3.8, 4) is 0 Å². The molecule has 0 spiro atoms. The second-order valence-corrected chi connectivity index (χ2v) is 7.46. The molecule has 1 aliphatic carbocycles. The van der Waals surface area contributed by atoms with E-state index in [9.17, 15) is 9.59 Å². The van der Waals surface area contributed by atoms with Crippen molar-refractivity contribution in [1.82, 2.24) is 0 Å². The summed E-state index contributed by atoms with van der Waals surface area (Å²) in [5.74, 6) is -0.291. The number of hydrogen-bond donors (Lipinski definition) is 2. The maximum Gasteiger partial charge on any atom is 0.228 e. The minimum Gasteiger partial charge on any atom is -0.464 e. The molecule has 0 saturated carbocycles. The number of hydrogen-bond acceptors (Lipinski definition) is 3. The summed E-state index contributed by atoms with van der Waals surface area (Å²) in [5, 5.41) is 7.00. The molecule has 0 unspecified atom stereocenters. The zero-order chi connectivity index (χ0) is 19.7. The lowest BCUT2D eigenvalue weighted by molar-refractivity contribution is -0.116. The van der Waals surface area contributed by atoms with Gasteiger partial charge in [-0.15, -0.1) is 0 Å². The van der Waals surface area contributed by atoms with Gasteiger partial charge in [0, 0.05) is 23.1 Å². The van der Waals surface area contributed by atoms with Crippen molar-refractivity contribution >= 4 is 45.8 Å². The predicted molar refractivity (Wildman–Crippen MR) is 111 cm³/mol. The van der Waals surface area contributed by atoms with E-state index < -0.39 is 0 Å². The number of carbonyl (C=O) groups excluding carboxylic acids is 2. The zero-order valence-electron chi connectivity index (χ0n) is 15.6. The first-order chi connectivity index (χ1) is 13.5. The fourth-order valence-corrected chi connectivity index (χ4v) is 3.77. The minimum atomic E-state index is -0.191. The first kappa shape index (κ1) is 18.6. The lowest BCUT2D eigenvalue weighted by Crippen LogP contribution is -2.15. The Morgan fingerprint density at radius 2 is 1.86 bits per heavy atom. The van der Waals surface area contributed by atoms with Crippen molar-refractivity contribution in [2.24, 2.45) is 0 Å². The Bertz CT molecular complexity index is 1070. The number of furan rings is 1. The summed E-state index contributed by atoms with van der Waals surface area (Å²) in [6.07, 6.45) is 5.55. The van der Waals surface area contributed by atoms with Gasteiger partial charge in [0.05, 0.1) is 23.4 Å². The van der Waals surface area contributed by atoms with Crippen LogP contribution in [0.4, 0.5) is 11.4 Å². The summed E-state index contributed by atoms with van der Waals surface area (Å²) in [6.45, 7) is 1.78. The van der Waals surface area contributed by atoms with E-state index in [4.69, 9.17) is 16.0 Å². The molecule has 0 aliphatic heterocycles. The van der Waals surface area contributed by atoms with Gasteiger partial charge in [0.2, 0.25) is 11.8 Å². The smallest absolute Gasteiger partial charge is 0.228 e. The van der Waals surface area contributed by atoms with Crippen molar-refractivity contribution in [2.45, 2.75) is 39.0 Å². The minimum absolute atomic E-state index is 0.100. The highest BCUT2D eigenvalue weighted by molar-refractivity contribution is 6.33. The molecule has 28 heavy (non-hydrogen) atoms. The highest BCUT2D eigenvalue weighted by Gasteiger charge is 2.17. The lowest BCUT2D eigenvalue weighted by Gasteiger charge is -2.10. The van der Waals surface area contributed by atoms with Gasteiger partial charge in [-0.25, -0.2) is 0 Å². The monoisotopic (exact) mass is 396 g/mol. The molecule has 0 atom stereocenters. The molecule has 0 fully saturated rings. The van der Waals surface area contributed by atoms with Crippen LogP contribution in [0.3, 0.4) is 0 Å². The van der Waals surface area contributed by atoms with E-state index in [1.807, 2.05) is 0 Å². The largest absolute Gasteiger partial charge is 0.464 e. The van der Waals surface area contributed by atoms with Gasteiger partial charge in [0.25, 0.3) is 0 Å². The molecular formula is C22H21ClN2O3. The van der Waals surface area contributed by atoms with Crippen LogP contribution in [-0.2, 0) is 28.9 Å². The number of aryl methyl sites for hydroxylation is 2. The SMILES string of the molecule is CCC(=O)Nc1ccc(Cl)c(NC(=O)Cc2coc3cc4c(cc23)CCC4)c1. The van der Waals surface area contributed by atoms with Gasteiger partial charge < -0.3 is 15.1 Å². The van der Waals surface area contributed by atoms with E-state index in [-0.39, 0.29) is 18.2 Å². The average Bonchev–Trinajstić information content (AvgIpc) is 3.29. The topological polar surface area (TPSA) is 71.3 Å². The maximum absolute atomic E-state index is 12.6. The van der Waals surface area contributed by atoms with E-state index in [2.05, 4.69) is 22.8 Å². The fraction of sp³-hybridized carbons (Fsp3) is 0.273. The third kappa shape index (κ3) is 3.76. The molecule has 4 rings (SSSR count). The quantitative estimate of drug-likeness (QED) is 0.629. The summed E-state index contributed by atoms with van der Waals surface area (Å²) in [6, 6.07) is 9.26. The molecule has 0 radical (unpaired) electrons. The molecule has 1 aliphatic rings. The van der Waals surface area contributed by atoms with Crippen molar-refractivity contribution in [2.75, 3.05) is 10.6 Å². The first-order valence-corrected chi connectivity index (χ1v) is 9.82. The van der Waals surface area contributed by atoms with Crippen LogP contribution in [0, 0.1) is 0 Å². The van der Waals surface area contributed by atoms with Crippen molar-refractivity contribution in [1.29, 1.82) is 0 Å². The number of rotatable bonds is 5. The van der Waals surface area contributed by atoms with Gasteiger partial charge in [-0.2, -0.15) is 0 Å². The van der Waals surface area contributed by atoms with Crippen molar-refractivity contribution in [3.05, 3.63) is 58.3 Å². The normalized spacial score (nSPS) is 12.8. The van der Waals surface area contributed by atoms with Crippen LogP contribution in [0.25, 0.3) is 11.0 Å². The van der Waals surface area contributed by atoms with Gasteiger partial charge in [0.15, 0.2) is 0 Å². The summed E-state index contributed by atoms with van der Waals surface area (Å²) >= 11 is 6.21. The second kappa shape index (κ2) is 7.68. The Morgan fingerprint density at radius 3 is 2.64 bits per heavy atom. The predicted octanol–water partition coefficient (Wildman–Crippen LogP) is 5.10. The van der Waals surface area contributed by atoms with Crippen LogP contribution < -0.4 is 10.6 Å². The van der Waals surface area contributed by atoms with E-state index >= 15 is 0 Å². The molecule has 2 aromatic carbocycles. The Balaban J connectivity index is 1.51. The third-order valence-electron chi connectivity index (χ3n) is 5.06. The molecule has 1 heterocycles. The van der Waals surface area contributed by atoms with Gasteiger partial charge >= 0.3 is 0 Å². The molecule has 6 heteroatoms. The number of halogens is 1.